The van der Waals surface area contributed by atoms with Crippen LogP contribution in [0.15, 0.2) is 0 Å². The molecule has 0 aromatic carbocycles. The van der Waals surface area contributed by atoms with Crippen molar-refractivity contribution in [1.82, 2.24) is 0 Å². The summed E-state index contributed by atoms with van der Waals surface area (Å²) in [5.41, 5.74) is 0. The largest absolute Gasteiger partial charge is 0.247 e. The fraction of sp³-hybridized carbons (Fsp3) is 0. The second-order valence-electron chi connectivity index (χ2n) is 0.245. The van der Waals surface area contributed by atoms with Crippen molar-refractivity contribution < 1.29 is 4.21 Å². The first-order valence-electron chi connectivity index (χ1n) is 0.575. The molecule has 0 spiro atoms. The van der Waals surface area contributed by atoms with Crippen molar-refractivity contribution in [3.8, 4) is 0 Å². The second-order valence-corrected chi connectivity index (χ2v) is 3.36. The first-order valence-corrected chi connectivity index (χ1v) is 4.62. The molecule has 0 bridgehead atoms. The van der Waals surface area contributed by atoms with Crippen LogP contribution < -0.4 is 0 Å². The highest BCUT2D eigenvalue weighted by Crippen LogP contribution is 1.73. The molecule has 0 heterocycles. The third-order valence-electron chi connectivity index (χ3n) is 0. The molecule has 0 radical (unpaired) electrons. The molecule has 26 valence electrons. The van der Waals surface area contributed by atoms with E-state index in [9.17, 15) is 4.21 Å². The molecule has 0 aliphatic carbocycles. The Morgan fingerprint density at radius 3 is 2.00 bits per heavy atom. The summed E-state index contributed by atoms with van der Waals surface area (Å²) in [5.74, 6) is 0. The van der Waals surface area contributed by atoms with Crippen LogP contribution in [-0.2, 0) is 7.77 Å². The maximum atomic E-state index is 9.25. The first kappa shape index (κ1) is 4.68. The summed E-state index contributed by atoms with van der Waals surface area (Å²) in [7, 11) is -1.65. The Morgan fingerprint density at radius 2 is 2.00 bits per heavy atom. The zero-order valence-electron chi connectivity index (χ0n) is 1.73. The maximum Gasteiger partial charge on any atom is 0.0883 e. The fourth-order valence-electron chi connectivity index (χ4n) is 0. The van der Waals surface area contributed by atoms with Crippen LogP contribution in [0.25, 0.3) is 0 Å². The van der Waals surface area contributed by atoms with Crippen molar-refractivity contribution in [3.05, 3.63) is 0 Å². The van der Waals surface area contributed by atoms with E-state index < -0.39 is 7.77 Å². The van der Waals surface area contributed by atoms with Crippen LogP contribution in [0, 0.1) is 4.78 Å². The molecule has 0 aliphatic rings. The summed E-state index contributed by atoms with van der Waals surface area (Å²) < 4.78 is 15.3. The molecule has 0 aromatic heterocycles. The van der Waals surface area contributed by atoms with Gasteiger partial charge in [0.1, 0.15) is 0 Å². The van der Waals surface area contributed by atoms with E-state index in [1.165, 1.54) is 21.2 Å². The van der Waals surface area contributed by atoms with E-state index in [-0.39, 0.29) is 0 Å². The summed E-state index contributed by atoms with van der Waals surface area (Å²) in [6.07, 6.45) is 0. The van der Waals surface area contributed by atoms with Crippen molar-refractivity contribution in [2.45, 2.75) is 0 Å². The highest BCUT2D eigenvalue weighted by molar-refractivity contribution is 14.2. The predicted octanol–water partition coefficient (Wildman–Crippen LogP) is 0.580. The van der Waals surface area contributed by atoms with Gasteiger partial charge in [-0.05, 0) is 0 Å². The monoisotopic (exact) mass is 191 g/mol. The minimum Gasteiger partial charge on any atom is -0.247 e. The van der Waals surface area contributed by atoms with E-state index >= 15 is 0 Å². The van der Waals surface area contributed by atoms with Crippen molar-refractivity contribution in [3.63, 3.8) is 0 Å². The molecule has 0 saturated heterocycles. The van der Waals surface area contributed by atoms with Crippen LogP contribution in [0.3, 0.4) is 0 Å². The van der Waals surface area contributed by atoms with Gasteiger partial charge in [-0.1, -0.05) is 0 Å². The van der Waals surface area contributed by atoms with E-state index in [0.29, 0.717) is 0 Å². The lowest BCUT2D eigenvalue weighted by atomic mass is 14.0. The third-order valence-corrected chi connectivity index (χ3v) is 0. The van der Waals surface area contributed by atoms with Crippen LogP contribution in [0.5, 0.6) is 0 Å². The lowest BCUT2D eigenvalue weighted by Gasteiger charge is -1.43. The van der Waals surface area contributed by atoms with Gasteiger partial charge >= 0.3 is 0 Å². The van der Waals surface area contributed by atoms with Gasteiger partial charge < -0.3 is 0 Å². The molecule has 4 heteroatoms. The van der Waals surface area contributed by atoms with Crippen molar-refractivity contribution in [1.29, 1.82) is 4.78 Å². The summed E-state index contributed by atoms with van der Waals surface area (Å²) >= 11 is 1.52. The average Bonchev–Trinajstić information content (AvgIpc) is 0.811. The van der Waals surface area contributed by atoms with Crippen LogP contribution >= 0.6 is 21.2 Å². The Hall–Kier alpha value is 0.680. The zero-order valence-corrected chi connectivity index (χ0v) is 4.79. The van der Waals surface area contributed by atoms with E-state index in [1.807, 2.05) is 0 Å². The number of halogens is 1. The van der Waals surface area contributed by atoms with Crippen LogP contribution in [-0.4, -0.2) is 4.21 Å². The van der Waals surface area contributed by atoms with E-state index in [0.717, 1.165) is 0 Å². The fourth-order valence-corrected chi connectivity index (χ4v) is 0. The summed E-state index contributed by atoms with van der Waals surface area (Å²) in [6.45, 7) is 0. The molecule has 0 rings (SSSR count). The Bertz CT molecular complexity index is 56.4. The zero-order chi connectivity index (χ0) is 3.58. The van der Waals surface area contributed by atoms with Gasteiger partial charge in [-0.25, -0.2) is 8.99 Å². The van der Waals surface area contributed by atoms with Crippen LogP contribution in [0.4, 0.5) is 0 Å². The third kappa shape index (κ3) is 16.4. The van der Waals surface area contributed by atoms with Crippen molar-refractivity contribution in [2.24, 2.45) is 0 Å². The van der Waals surface area contributed by atoms with Gasteiger partial charge in [-0.15, -0.1) is 0 Å². The molecular weight excluding hydrogens is 189 g/mol. The summed E-state index contributed by atoms with van der Waals surface area (Å²) in [5, 5.41) is 0. The quantitative estimate of drug-likeness (QED) is 0.328. The van der Waals surface area contributed by atoms with Gasteiger partial charge in [0.25, 0.3) is 0 Å². The summed E-state index contributed by atoms with van der Waals surface area (Å²) in [6, 6.07) is 0. The van der Waals surface area contributed by atoms with Gasteiger partial charge in [0.05, 0.1) is 7.77 Å². The number of hydrogen-bond donors (Lipinski definition) is 2. The molecule has 2 nitrogen and oxygen atoms in total. The lowest BCUT2D eigenvalue weighted by molar-refractivity contribution is 0.696. The predicted molar refractivity (Wildman–Crippen MR) is 26.3 cm³/mol. The highest BCUT2D eigenvalue weighted by Gasteiger charge is 1.42. The molecule has 0 amide bonds. The molecule has 0 aliphatic heterocycles. The standard InChI is InChI=1S/H2INOS/c1-4(2)3/h2,4H. The van der Waals surface area contributed by atoms with Crippen LogP contribution in [0.2, 0.25) is 0 Å². The van der Waals surface area contributed by atoms with Gasteiger partial charge in [-0.3, -0.25) is 0 Å². The molecule has 1 atom stereocenters. The highest BCUT2D eigenvalue weighted by atomic mass is 127. The number of nitrogens with one attached hydrogen (secondary N) is 1. The molecule has 0 fully saturated rings. The molecular formula is H2INOS. The molecule has 0 aromatic rings. The molecule has 4 heavy (non-hydrogen) atoms. The molecule has 0 saturated carbocycles. The topological polar surface area (TPSA) is 40.9 Å². The van der Waals surface area contributed by atoms with Crippen molar-refractivity contribution >= 4 is 29.0 Å². The van der Waals surface area contributed by atoms with E-state index in [1.54, 1.807) is 0 Å². The molecule has 1 unspecified atom stereocenters. The van der Waals surface area contributed by atoms with Gasteiger partial charge in [0.15, 0.2) is 0 Å². The van der Waals surface area contributed by atoms with Crippen LogP contribution in [0.1, 0.15) is 0 Å². The number of thiol groups is 1. The maximum absolute atomic E-state index is 9.25. The number of rotatable bonds is 0. The first-order chi connectivity index (χ1) is 1.73. The summed E-state index contributed by atoms with van der Waals surface area (Å²) in [4.78, 5) is 0. The van der Waals surface area contributed by atoms with Crippen molar-refractivity contribution in [2.75, 3.05) is 0 Å². The Kier molecular flexibility index (Phi) is 2.28. The Labute approximate surface area is 38.2 Å². The number of hydrogen-bond acceptors (Lipinski definition) is 2. The van der Waals surface area contributed by atoms with Gasteiger partial charge in [0.2, 0.25) is 0 Å². The molecule has 1 N–H and O–H groups in total. The normalized spacial score (nSPS) is 15.2. The van der Waals surface area contributed by atoms with E-state index in [4.69, 9.17) is 4.78 Å². The second kappa shape index (κ2) is 1.95. The van der Waals surface area contributed by atoms with Gasteiger partial charge in [0, 0.05) is 21.2 Å². The minimum absolute atomic E-state index is 1.52. The lowest BCUT2D eigenvalue weighted by Crippen LogP contribution is -1.32. The van der Waals surface area contributed by atoms with Gasteiger partial charge in [-0.2, -0.15) is 0 Å². The SMILES string of the molecule is N=[SH](=O)I. The van der Waals surface area contributed by atoms with E-state index in [2.05, 4.69) is 0 Å². The Morgan fingerprint density at radius 1 is 2.00 bits per heavy atom. The minimum atomic E-state index is -1.65. The smallest absolute Gasteiger partial charge is 0.0883 e. The Balaban J connectivity index is 3.51. The average molecular weight is 191 g/mol.